The Labute approximate surface area is 87.7 Å². The summed E-state index contributed by atoms with van der Waals surface area (Å²) in [6.07, 6.45) is -0.430. The molecule has 3 nitrogen and oxygen atoms in total. The first-order valence-electron chi connectivity index (χ1n) is 4.06. The lowest BCUT2D eigenvalue weighted by Crippen LogP contribution is -2.37. The summed E-state index contributed by atoms with van der Waals surface area (Å²) in [6.45, 7) is 10.9. The Morgan fingerprint density at radius 3 is 2.31 bits per heavy atom. The molecule has 0 aromatic rings. The topological polar surface area (TPSA) is 38.3 Å². The third kappa shape index (κ3) is 6.63. The van der Waals surface area contributed by atoms with E-state index in [2.05, 4.69) is 27.8 Å². The van der Waals surface area contributed by atoms with Crippen LogP contribution in [0.4, 0.5) is 4.79 Å². The molecule has 1 amide bonds. The molecule has 0 aliphatic rings. The van der Waals surface area contributed by atoms with Crippen LogP contribution in [0.25, 0.3) is 0 Å². The maximum Gasteiger partial charge on any atom is 0.408 e. The third-order valence-electron chi connectivity index (χ3n) is 1.20. The van der Waals surface area contributed by atoms with Crippen molar-refractivity contribution in [3.8, 4) is 0 Å². The highest BCUT2D eigenvalue weighted by Gasteiger charge is 2.17. The summed E-state index contributed by atoms with van der Waals surface area (Å²) >= 11 is 3.18. The molecule has 1 unspecified atom stereocenters. The summed E-state index contributed by atoms with van der Waals surface area (Å²) in [5.74, 6) is 0. The fourth-order valence-electron chi connectivity index (χ4n) is 0.563. The van der Waals surface area contributed by atoms with Gasteiger partial charge >= 0.3 is 6.09 Å². The molecule has 13 heavy (non-hydrogen) atoms. The second-order valence-corrected chi connectivity index (χ2v) is 4.83. The summed E-state index contributed by atoms with van der Waals surface area (Å²) in [5, 5.41) is 2.63. The monoisotopic (exact) mass is 249 g/mol. The third-order valence-corrected chi connectivity index (χ3v) is 1.89. The number of hydrogen-bond donors (Lipinski definition) is 1. The Balaban J connectivity index is 3.96. The van der Waals surface area contributed by atoms with Crippen LogP contribution in [0, 0.1) is 0 Å². The van der Waals surface area contributed by atoms with Gasteiger partial charge in [0.1, 0.15) is 5.60 Å². The maximum atomic E-state index is 11.2. The van der Waals surface area contributed by atoms with Gasteiger partial charge in [0.2, 0.25) is 0 Å². The molecule has 1 atom stereocenters. The lowest BCUT2D eigenvalue weighted by Gasteiger charge is -2.21. The summed E-state index contributed by atoms with van der Waals surface area (Å²) < 4.78 is 5.77. The predicted molar refractivity (Wildman–Crippen MR) is 56.9 cm³/mol. The Morgan fingerprint density at radius 1 is 1.54 bits per heavy atom. The van der Waals surface area contributed by atoms with E-state index in [0.717, 1.165) is 4.48 Å². The number of ether oxygens (including phenoxy) is 1. The summed E-state index contributed by atoms with van der Waals surface area (Å²) in [5.41, 5.74) is -0.461. The molecule has 1 N–H and O–H groups in total. The second kappa shape index (κ2) is 4.65. The zero-order chi connectivity index (χ0) is 10.6. The zero-order valence-corrected chi connectivity index (χ0v) is 10.1. The van der Waals surface area contributed by atoms with E-state index in [-0.39, 0.29) is 6.04 Å². The highest BCUT2D eigenvalue weighted by atomic mass is 79.9. The number of hydrogen-bond acceptors (Lipinski definition) is 2. The molecule has 76 valence electrons. The van der Waals surface area contributed by atoms with Gasteiger partial charge in [0.25, 0.3) is 0 Å². The van der Waals surface area contributed by atoms with E-state index >= 15 is 0 Å². The lowest BCUT2D eigenvalue weighted by atomic mass is 10.2. The lowest BCUT2D eigenvalue weighted by molar-refractivity contribution is 0.0517. The highest BCUT2D eigenvalue weighted by molar-refractivity contribution is 9.11. The average molecular weight is 250 g/mol. The van der Waals surface area contributed by atoms with Gasteiger partial charge in [-0.3, -0.25) is 0 Å². The quantitative estimate of drug-likeness (QED) is 0.818. The molecule has 0 fully saturated rings. The normalized spacial score (nSPS) is 13.3. The van der Waals surface area contributed by atoms with Crippen LogP contribution in [0.2, 0.25) is 0 Å². The standard InChI is InChI=1S/C9H16BrNO2/c1-6(10)7(2)11-8(12)13-9(3,4)5/h7H,1H2,2-5H3,(H,11,12). The number of carbonyl (C=O) groups excluding carboxylic acids is 1. The van der Waals surface area contributed by atoms with Gasteiger partial charge < -0.3 is 10.1 Å². The summed E-state index contributed by atoms with van der Waals surface area (Å²) in [7, 11) is 0. The van der Waals surface area contributed by atoms with Crippen molar-refractivity contribution < 1.29 is 9.53 Å². The Morgan fingerprint density at radius 2 is 2.00 bits per heavy atom. The van der Waals surface area contributed by atoms with Crippen molar-refractivity contribution in [2.45, 2.75) is 39.3 Å². The van der Waals surface area contributed by atoms with Gasteiger partial charge in [-0.25, -0.2) is 4.79 Å². The molecule has 0 rings (SSSR count). The number of halogens is 1. The van der Waals surface area contributed by atoms with Crippen molar-refractivity contribution in [2.24, 2.45) is 0 Å². The van der Waals surface area contributed by atoms with E-state index in [9.17, 15) is 4.79 Å². The van der Waals surface area contributed by atoms with Crippen LogP contribution in [-0.2, 0) is 4.74 Å². The van der Waals surface area contributed by atoms with E-state index in [1.165, 1.54) is 0 Å². The number of nitrogens with one attached hydrogen (secondary N) is 1. The SMILES string of the molecule is C=C(Br)C(C)NC(=O)OC(C)(C)C. The molecule has 0 aromatic heterocycles. The van der Waals surface area contributed by atoms with Crippen LogP contribution in [0.3, 0.4) is 0 Å². The fourth-order valence-corrected chi connectivity index (χ4v) is 0.677. The molecule has 0 aromatic carbocycles. The molecule has 0 spiro atoms. The summed E-state index contributed by atoms with van der Waals surface area (Å²) in [6, 6.07) is -0.130. The number of alkyl carbamates (subject to hydrolysis) is 1. The zero-order valence-electron chi connectivity index (χ0n) is 8.48. The largest absolute Gasteiger partial charge is 0.444 e. The van der Waals surface area contributed by atoms with E-state index in [0.29, 0.717) is 0 Å². The van der Waals surface area contributed by atoms with Crippen molar-refractivity contribution in [2.75, 3.05) is 0 Å². The van der Waals surface area contributed by atoms with Gasteiger partial charge in [-0.15, -0.1) is 0 Å². The van der Waals surface area contributed by atoms with Crippen molar-refractivity contribution >= 4 is 22.0 Å². The van der Waals surface area contributed by atoms with Gasteiger partial charge in [-0.2, -0.15) is 0 Å². The molecule has 0 saturated carbocycles. The molecule has 0 radical (unpaired) electrons. The van der Waals surface area contributed by atoms with Crippen molar-refractivity contribution in [3.63, 3.8) is 0 Å². The fraction of sp³-hybridized carbons (Fsp3) is 0.667. The van der Waals surface area contributed by atoms with Crippen LogP contribution in [-0.4, -0.2) is 17.7 Å². The molecular formula is C9H16BrNO2. The van der Waals surface area contributed by atoms with Crippen LogP contribution in [0.5, 0.6) is 0 Å². The molecule has 0 aliphatic heterocycles. The van der Waals surface area contributed by atoms with Gasteiger partial charge in [0, 0.05) is 4.48 Å². The van der Waals surface area contributed by atoms with Gasteiger partial charge in [0.15, 0.2) is 0 Å². The Bertz CT molecular complexity index is 208. The minimum absolute atomic E-state index is 0.130. The molecular weight excluding hydrogens is 234 g/mol. The van der Waals surface area contributed by atoms with Gasteiger partial charge in [0.05, 0.1) is 6.04 Å². The van der Waals surface area contributed by atoms with E-state index < -0.39 is 11.7 Å². The van der Waals surface area contributed by atoms with Crippen LogP contribution in [0.15, 0.2) is 11.1 Å². The molecule has 0 saturated heterocycles. The highest BCUT2D eigenvalue weighted by Crippen LogP contribution is 2.10. The molecule has 4 heteroatoms. The summed E-state index contributed by atoms with van der Waals surface area (Å²) in [4.78, 5) is 11.2. The average Bonchev–Trinajstić information content (AvgIpc) is 1.81. The minimum Gasteiger partial charge on any atom is -0.444 e. The number of rotatable bonds is 2. The first-order chi connectivity index (χ1) is 5.72. The van der Waals surface area contributed by atoms with E-state index in [4.69, 9.17) is 4.74 Å². The smallest absolute Gasteiger partial charge is 0.408 e. The molecule has 0 aliphatic carbocycles. The van der Waals surface area contributed by atoms with Gasteiger partial charge in [-0.1, -0.05) is 22.5 Å². The van der Waals surface area contributed by atoms with Gasteiger partial charge in [-0.05, 0) is 27.7 Å². The van der Waals surface area contributed by atoms with Crippen molar-refractivity contribution in [1.29, 1.82) is 0 Å². The predicted octanol–water partition coefficient (Wildman–Crippen LogP) is 2.81. The van der Waals surface area contributed by atoms with Crippen LogP contribution in [0.1, 0.15) is 27.7 Å². The first-order valence-corrected chi connectivity index (χ1v) is 4.85. The van der Waals surface area contributed by atoms with Crippen LogP contribution >= 0.6 is 15.9 Å². The minimum atomic E-state index is -0.461. The maximum absolute atomic E-state index is 11.2. The Kier molecular flexibility index (Phi) is 4.47. The molecule has 0 heterocycles. The Hall–Kier alpha value is -0.510. The van der Waals surface area contributed by atoms with E-state index in [1.807, 2.05) is 27.7 Å². The van der Waals surface area contributed by atoms with Crippen LogP contribution < -0.4 is 5.32 Å². The number of amides is 1. The molecule has 0 bridgehead atoms. The van der Waals surface area contributed by atoms with E-state index in [1.54, 1.807) is 0 Å². The van der Waals surface area contributed by atoms with Crippen molar-refractivity contribution in [3.05, 3.63) is 11.1 Å². The number of carbonyl (C=O) groups is 1. The van der Waals surface area contributed by atoms with Crippen molar-refractivity contribution in [1.82, 2.24) is 5.32 Å². The second-order valence-electron chi connectivity index (χ2n) is 3.81. The first kappa shape index (κ1) is 12.5.